The van der Waals surface area contributed by atoms with Crippen molar-refractivity contribution in [2.75, 3.05) is 19.6 Å². The zero-order chi connectivity index (χ0) is 12.1. The molecule has 1 N–H and O–H groups in total. The predicted octanol–water partition coefficient (Wildman–Crippen LogP) is 3.31. The van der Waals surface area contributed by atoms with Crippen LogP contribution in [0.25, 0.3) is 0 Å². The summed E-state index contributed by atoms with van der Waals surface area (Å²) in [6.45, 7) is 10.5. The minimum atomic E-state index is -10.7. The van der Waals surface area contributed by atoms with E-state index in [2.05, 4.69) is 20.8 Å². The van der Waals surface area contributed by atoms with Crippen LogP contribution in [0.3, 0.4) is 0 Å². The van der Waals surface area contributed by atoms with Crippen LogP contribution >= 0.6 is 7.81 Å². The zero-order valence-electron chi connectivity index (χ0n) is 8.34. The van der Waals surface area contributed by atoms with Crippen LogP contribution in [0, 0.1) is 0 Å². The van der Waals surface area contributed by atoms with E-state index < -0.39 is 7.81 Å². The Morgan fingerprint density at radius 3 is 0.857 bits per heavy atom. The molecule has 0 aromatic heterocycles. The number of rotatable bonds is 3. The number of hydrogen-bond donors (Lipinski definition) is 1. The van der Waals surface area contributed by atoms with Gasteiger partial charge in [-0.2, -0.15) is 0 Å². The van der Waals surface area contributed by atoms with Gasteiger partial charge in [-0.3, -0.25) is 0 Å². The molecule has 92 valence electrons. The Kier molecular flexibility index (Phi) is 4.95. The third kappa shape index (κ3) is 40.4. The second-order valence-electron chi connectivity index (χ2n) is 2.77. The average molecular weight is 247 g/mol. The molecule has 0 aliphatic rings. The van der Waals surface area contributed by atoms with Crippen molar-refractivity contribution in [1.29, 1.82) is 0 Å². The van der Waals surface area contributed by atoms with Crippen molar-refractivity contribution >= 4 is 7.81 Å². The third-order valence-electron chi connectivity index (χ3n) is 1.50. The van der Waals surface area contributed by atoms with Crippen molar-refractivity contribution in [2.45, 2.75) is 20.8 Å². The van der Waals surface area contributed by atoms with E-state index in [0.717, 1.165) is 0 Å². The molecule has 0 unspecified atom stereocenters. The van der Waals surface area contributed by atoms with Gasteiger partial charge in [-0.25, -0.2) is 0 Å². The molecule has 0 saturated heterocycles. The van der Waals surface area contributed by atoms with Gasteiger partial charge >= 0.3 is 33.0 Å². The van der Waals surface area contributed by atoms with Crippen molar-refractivity contribution < 1.29 is 30.1 Å². The van der Waals surface area contributed by atoms with Crippen LogP contribution in [0.2, 0.25) is 0 Å². The molecule has 0 aromatic rings. The fourth-order valence-electron chi connectivity index (χ4n) is 0.750. The van der Waals surface area contributed by atoms with E-state index >= 15 is 0 Å². The topological polar surface area (TPSA) is 4.44 Å². The number of hydrogen-bond acceptors (Lipinski definition) is 0. The van der Waals surface area contributed by atoms with Crippen molar-refractivity contribution in [2.24, 2.45) is 0 Å². The Morgan fingerprint density at radius 2 is 0.857 bits per heavy atom. The Balaban J connectivity index is 0. The first-order valence-corrected chi connectivity index (χ1v) is 6.22. The molecule has 14 heavy (non-hydrogen) atoms. The van der Waals surface area contributed by atoms with Crippen molar-refractivity contribution in [3.63, 3.8) is 0 Å². The number of halogens is 6. The van der Waals surface area contributed by atoms with Crippen LogP contribution in [-0.4, -0.2) is 19.6 Å². The van der Waals surface area contributed by atoms with Gasteiger partial charge < -0.3 is 4.90 Å². The molecular formula is C6H16F6NP. The molecule has 0 radical (unpaired) electrons. The van der Waals surface area contributed by atoms with E-state index in [1.807, 2.05) is 0 Å². The van der Waals surface area contributed by atoms with Gasteiger partial charge in [0.15, 0.2) is 0 Å². The number of nitrogens with one attached hydrogen (secondary N) is 1. The van der Waals surface area contributed by atoms with E-state index in [1.54, 1.807) is 4.90 Å². The SMILES string of the molecule is CC[NH+](CC)CC.F[P-](F)(F)(F)(F)F. The molecule has 0 aliphatic heterocycles. The third-order valence-corrected chi connectivity index (χ3v) is 1.50. The molecule has 0 atom stereocenters. The summed E-state index contributed by atoms with van der Waals surface area (Å²) in [5.41, 5.74) is 0. The molecule has 0 aliphatic carbocycles. The summed E-state index contributed by atoms with van der Waals surface area (Å²) in [6.07, 6.45) is 0. The Labute approximate surface area is 79.3 Å². The van der Waals surface area contributed by atoms with Gasteiger partial charge in [0.1, 0.15) is 0 Å². The summed E-state index contributed by atoms with van der Waals surface area (Å²) in [6, 6.07) is 0. The monoisotopic (exact) mass is 247 g/mol. The molecule has 0 fully saturated rings. The van der Waals surface area contributed by atoms with Gasteiger partial charge in [-0.05, 0) is 20.8 Å². The van der Waals surface area contributed by atoms with Gasteiger partial charge in [0.2, 0.25) is 0 Å². The van der Waals surface area contributed by atoms with Crippen LogP contribution in [0.15, 0.2) is 0 Å². The van der Waals surface area contributed by atoms with E-state index in [0.29, 0.717) is 0 Å². The normalized spacial score (nSPS) is 16.7. The standard InChI is InChI=1S/C6H15N.F6P/c1-4-7(5-2)6-3;1-7(2,3,4,5)6/h4-6H2,1-3H3;/q;-1/p+1. The molecular weight excluding hydrogens is 231 g/mol. The molecule has 0 spiro atoms. The molecule has 0 aromatic carbocycles. The molecule has 1 nitrogen and oxygen atoms in total. The molecule has 0 saturated carbocycles. The van der Waals surface area contributed by atoms with Gasteiger partial charge in [0, 0.05) is 0 Å². The molecule has 0 bridgehead atoms. The molecule has 0 heterocycles. The zero-order valence-corrected chi connectivity index (χ0v) is 9.23. The summed E-state index contributed by atoms with van der Waals surface area (Å²) >= 11 is 0. The first kappa shape index (κ1) is 16.4. The van der Waals surface area contributed by atoms with Crippen molar-refractivity contribution in [3.8, 4) is 0 Å². The van der Waals surface area contributed by atoms with Gasteiger partial charge in [-0.1, -0.05) is 0 Å². The fraction of sp³-hybridized carbons (Fsp3) is 1.00. The summed E-state index contributed by atoms with van der Waals surface area (Å²) in [4.78, 5) is 1.68. The summed E-state index contributed by atoms with van der Waals surface area (Å²) in [7, 11) is -10.7. The first-order chi connectivity index (χ1) is 5.80. The quantitative estimate of drug-likeness (QED) is 0.576. The molecule has 0 amide bonds. The van der Waals surface area contributed by atoms with Gasteiger partial charge in [0.25, 0.3) is 0 Å². The minimum absolute atomic E-state index is 1.27. The maximum absolute atomic E-state index is 10.7. The Hall–Kier alpha value is -0.0300. The van der Waals surface area contributed by atoms with Crippen LogP contribution in [0.4, 0.5) is 25.2 Å². The Morgan fingerprint density at radius 1 is 0.714 bits per heavy atom. The molecule has 8 heteroatoms. The van der Waals surface area contributed by atoms with Gasteiger partial charge in [-0.15, -0.1) is 0 Å². The van der Waals surface area contributed by atoms with Crippen molar-refractivity contribution in [1.82, 2.24) is 0 Å². The van der Waals surface area contributed by atoms with E-state index in [9.17, 15) is 25.2 Å². The van der Waals surface area contributed by atoms with Crippen LogP contribution < -0.4 is 4.90 Å². The second kappa shape index (κ2) is 4.23. The summed E-state index contributed by atoms with van der Waals surface area (Å²) in [5.74, 6) is 0. The van der Waals surface area contributed by atoms with E-state index in [-0.39, 0.29) is 0 Å². The maximum atomic E-state index is 9.87. The Bertz CT molecular complexity index is 139. The summed E-state index contributed by atoms with van der Waals surface area (Å²) in [5, 5.41) is 0. The van der Waals surface area contributed by atoms with E-state index in [1.165, 1.54) is 19.6 Å². The average Bonchev–Trinajstić information content (AvgIpc) is 1.84. The first-order valence-electron chi connectivity index (χ1n) is 4.20. The number of quaternary nitrogens is 1. The van der Waals surface area contributed by atoms with Crippen LogP contribution in [-0.2, 0) is 0 Å². The van der Waals surface area contributed by atoms with E-state index in [4.69, 9.17) is 0 Å². The van der Waals surface area contributed by atoms with Crippen LogP contribution in [0.1, 0.15) is 20.8 Å². The predicted molar refractivity (Wildman–Crippen MR) is 46.2 cm³/mol. The second-order valence-corrected chi connectivity index (χ2v) is 4.69. The summed E-state index contributed by atoms with van der Waals surface area (Å²) < 4.78 is 59.2. The van der Waals surface area contributed by atoms with Crippen LogP contribution in [0.5, 0.6) is 0 Å². The fourth-order valence-corrected chi connectivity index (χ4v) is 0.750. The van der Waals surface area contributed by atoms with Crippen molar-refractivity contribution in [3.05, 3.63) is 0 Å². The molecule has 0 rings (SSSR count). The van der Waals surface area contributed by atoms with Gasteiger partial charge in [0.05, 0.1) is 19.6 Å².